The predicted molar refractivity (Wildman–Crippen MR) is 88.4 cm³/mol. The molecule has 20 heavy (non-hydrogen) atoms. The second-order valence-corrected chi connectivity index (χ2v) is 6.51. The maximum Gasteiger partial charge on any atom is 0.0723 e. The number of halogens is 1. The number of rotatable bonds is 5. The van der Waals surface area contributed by atoms with Crippen molar-refractivity contribution in [2.24, 2.45) is 0 Å². The van der Waals surface area contributed by atoms with E-state index in [0.29, 0.717) is 12.1 Å². The monoisotopic (exact) mass is 340 g/mol. The molecule has 4 heteroatoms. The molecule has 0 radical (unpaired) electrons. The minimum absolute atomic E-state index is 0.297. The zero-order valence-electron chi connectivity index (χ0n) is 12.7. The first kappa shape index (κ1) is 15.8. The molecule has 0 saturated carbocycles. The number of anilines is 1. The fourth-order valence-electron chi connectivity index (χ4n) is 2.61. The molecule has 112 valence electrons. The van der Waals surface area contributed by atoms with Crippen LogP contribution >= 0.6 is 15.9 Å². The topological polar surface area (TPSA) is 24.5 Å². The van der Waals surface area contributed by atoms with Crippen LogP contribution in [0.15, 0.2) is 22.7 Å². The Bertz CT molecular complexity index is 438. The summed E-state index contributed by atoms with van der Waals surface area (Å²) in [6.45, 7) is 10.3. The van der Waals surface area contributed by atoms with Crippen LogP contribution in [0.2, 0.25) is 0 Å². The minimum atomic E-state index is 0.297. The lowest BCUT2D eigenvalue weighted by molar-refractivity contribution is 0.0343. The first-order valence-electron chi connectivity index (χ1n) is 7.49. The molecule has 0 spiro atoms. The minimum Gasteiger partial charge on any atom is -0.375 e. The van der Waals surface area contributed by atoms with Crippen LogP contribution in [0.1, 0.15) is 32.8 Å². The van der Waals surface area contributed by atoms with Gasteiger partial charge in [-0.2, -0.15) is 0 Å². The summed E-state index contributed by atoms with van der Waals surface area (Å²) in [7, 11) is 0. The van der Waals surface area contributed by atoms with Gasteiger partial charge in [-0.15, -0.1) is 0 Å². The Morgan fingerprint density at radius 2 is 2.20 bits per heavy atom. The van der Waals surface area contributed by atoms with E-state index in [2.05, 4.69) is 65.1 Å². The average Bonchev–Trinajstić information content (AvgIpc) is 2.42. The molecule has 2 unspecified atom stereocenters. The van der Waals surface area contributed by atoms with E-state index in [9.17, 15) is 0 Å². The van der Waals surface area contributed by atoms with Crippen molar-refractivity contribution in [1.82, 2.24) is 5.32 Å². The van der Waals surface area contributed by atoms with Crippen molar-refractivity contribution in [3.8, 4) is 0 Å². The van der Waals surface area contributed by atoms with Crippen molar-refractivity contribution in [3.05, 3.63) is 28.2 Å². The van der Waals surface area contributed by atoms with Crippen molar-refractivity contribution in [2.45, 2.75) is 45.9 Å². The van der Waals surface area contributed by atoms with E-state index in [1.807, 2.05) is 0 Å². The maximum absolute atomic E-state index is 5.74. The van der Waals surface area contributed by atoms with E-state index >= 15 is 0 Å². The van der Waals surface area contributed by atoms with E-state index in [-0.39, 0.29) is 0 Å². The van der Waals surface area contributed by atoms with Crippen LogP contribution in [0.25, 0.3) is 0 Å². The summed E-state index contributed by atoms with van der Waals surface area (Å²) in [4.78, 5) is 2.48. The lowest BCUT2D eigenvalue weighted by Crippen LogP contribution is -2.47. The van der Waals surface area contributed by atoms with E-state index in [0.717, 1.165) is 37.1 Å². The lowest BCUT2D eigenvalue weighted by Gasteiger charge is -2.39. The average molecular weight is 341 g/mol. The van der Waals surface area contributed by atoms with Gasteiger partial charge < -0.3 is 15.0 Å². The number of benzene rings is 1. The molecule has 1 N–H and O–H groups in total. The summed E-state index contributed by atoms with van der Waals surface area (Å²) >= 11 is 3.59. The van der Waals surface area contributed by atoms with Gasteiger partial charge in [-0.05, 0) is 50.6 Å². The molecule has 1 saturated heterocycles. The molecule has 1 aliphatic rings. The molecule has 1 aromatic carbocycles. The molecule has 2 rings (SSSR count). The molecular weight excluding hydrogens is 316 g/mol. The van der Waals surface area contributed by atoms with Crippen molar-refractivity contribution in [1.29, 1.82) is 0 Å². The van der Waals surface area contributed by atoms with E-state index < -0.39 is 0 Å². The van der Waals surface area contributed by atoms with Crippen molar-refractivity contribution in [3.63, 3.8) is 0 Å². The van der Waals surface area contributed by atoms with Crippen molar-refractivity contribution in [2.75, 3.05) is 24.6 Å². The molecule has 1 aliphatic heterocycles. The third kappa shape index (κ3) is 3.96. The molecule has 1 fully saturated rings. The molecule has 3 nitrogen and oxygen atoms in total. The number of hydrogen-bond donors (Lipinski definition) is 1. The second-order valence-electron chi connectivity index (χ2n) is 5.60. The van der Waals surface area contributed by atoms with Gasteiger partial charge in [-0.25, -0.2) is 0 Å². The maximum atomic E-state index is 5.74. The highest BCUT2D eigenvalue weighted by Crippen LogP contribution is 2.28. The quantitative estimate of drug-likeness (QED) is 0.829. The van der Waals surface area contributed by atoms with Gasteiger partial charge in [-0.3, -0.25) is 0 Å². The van der Waals surface area contributed by atoms with Gasteiger partial charge in [-0.1, -0.05) is 22.9 Å². The van der Waals surface area contributed by atoms with Crippen LogP contribution in [-0.2, 0) is 11.3 Å². The zero-order chi connectivity index (χ0) is 14.5. The van der Waals surface area contributed by atoms with Crippen LogP contribution in [0.3, 0.4) is 0 Å². The predicted octanol–water partition coefficient (Wildman–Crippen LogP) is 3.56. The highest BCUT2D eigenvalue weighted by Gasteiger charge is 2.25. The summed E-state index contributed by atoms with van der Waals surface area (Å²) in [6, 6.07) is 7.01. The van der Waals surface area contributed by atoms with Crippen molar-refractivity contribution < 1.29 is 4.74 Å². The normalized spacial score (nSPS) is 23.1. The summed E-state index contributed by atoms with van der Waals surface area (Å²) in [6.07, 6.45) is 1.46. The summed E-state index contributed by atoms with van der Waals surface area (Å²) in [5.41, 5.74) is 2.69. The molecule has 0 bridgehead atoms. The van der Waals surface area contributed by atoms with Gasteiger partial charge in [0.1, 0.15) is 0 Å². The van der Waals surface area contributed by atoms with Crippen molar-refractivity contribution >= 4 is 21.6 Å². The third-order valence-corrected chi connectivity index (χ3v) is 4.19. The Kier molecular flexibility index (Phi) is 5.87. The molecule has 0 amide bonds. The van der Waals surface area contributed by atoms with Crippen LogP contribution in [-0.4, -0.2) is 31.8 Å². The summed E-state index contributed by atoms with van der Waals surface area (Å²) < 4.78 is 6.88. The number of hydrogen-bond acceptors (Lipinski definition) is 3. The standard InChI is InChI=1S/C16H25BrN2O/c1-4-7-18-9-14-8-15(17)5-6-16(14)19-10-13(3)20-11-12(19)2/h5-6,8,12-13,18H,4,7,9-11H2,1-3H3. The molecule has 0 aliphatic carbocycles. The van der Waals surface area contributed by atoms with Gasteiger partial charge in [0.15, 0.2) is 0 Å². The number of nitrogens with one attached hydrogen (secondary N) is 1. The van der Waals surface area contributed by atoms with E-state index in [1.54, 1.807) is 0 Å². The lowest BCUT2D eigenvalue weighted by atomic mass is 10.1. The second kappa shape index (κ2) is 7.43. The highest BCUT2D eigenvalue weighted by molar-refractivity contribution is 9.10. The van der Waals surface area contributed by atoms with Gasteiger partial charge in [0, 0.05) is 29.3 Å². The molecule has 2 atom stereocenters. The summed E-state index contributed by atoms with van der Waals surface area (Å²) in [5.74, 6) is 0. The SMILES string of the molecule is CCCNCc1cc(Br)ccc1N1CC(C)OCC1C. The van der Waals surface area contributed by atoms with E-state index in [4.69, 9.17) is 4.74 Å². The Balaban J connectivity index is 2.20. The van der Waals surface area contributed by atoms with Crippen LogP contribution in [0.4, 0.5) is 5.69 Å². The van der Waals surface area contributed by atoms with Gasteiger partial charge in [0.2, 0.25) is 0 Å². The molecule has 1 aromatic rings. The molecular formula is C16H25BrN2O. The van der Waals surface area contributed by atoms with E-state index in [1.165, 1.54) is 11.3 Å². The Hall–Kier alpha value is -0.580. The number of morpholine rings is 1. The first-order chi connectivity index (χ1) is 9.61. The summed E-state index contributed by atoms with van der Waals surface area (Å²) in [5, 5.41) is 3.51. The smallest absolute Gasteiger partial charge is 0.0723 e. The Morgan fingerprint density at radius 3 is 2.95 bits per heavy atom. The van der Waals surface area contributed by atoms with Crippen LogP contribution < -0.4 is 10.2 Å². The van der Waals surface area contributed by atoms with Gasteiger partial charge >= 0.3 is 0 Å². The zero-order valence-corrected chi connectivity index (χ0v) is 14.2. The highest BCUT2D eigenvalue weighted by atomic mass is 79.9. The largest absolute Gasteiger partial charge is 0.375 e. The number of ether oxygens (including phenoxy) is 1. The van der Waals surface area contributed by atoms with Crippen LogP contribution in [0.5, 0.6) is 0 Å². The van der Waals surface area contributed by atoms with Gasteiger partial charge in [0.25, 0.3) is 0 Å². The fraction of sp³-hybridized carbons (Fsp3) is 0.625. The Labute approximate surface area is 130 Å². The molecule has 1 heterocycles. The Morgan fingerprint density at radius 1 is 1.40 bits per heavy atom. The third-order valence-electron chi connectivity index (χ3n) is 3.70. The first-order valence-corrected chi connectivity index (χ1v) is 8.28. The fourth-order valence-corrected chi connectivity index (χ4v) is 3.02. The molecule has 0 aromatic heterocycles. The van der Waals surface area contributed by atoms with Gasteiger partial charge in [0.05, 0.1) is 12.7 Å². The number of nitrogens with zero attached hydrogens (tertiary/aromatic N) is 1. The van der Waals surface area contributed by atoms with Crippen LogP contribution in [0, 0.1) is 0 Å².